The topological polar surface area (TPSA) is 95.1 Å². The molecule has 0 saturated heterocycles. The van der Waals surface area contributed by atoms with Gasteiger partial charge in [0, 0.05) is 18.7 Å². The van der Waals surface area contributed by atoms with Crippen molar-refractivity contribution >= 4 is 17.7 Å². The third-order valence-electron chi connectivity index (χ3n) is 3.84. The highest BCUT2D eigenvalue weighted by atomic mass is 16.5. The van der Waals surface area contributed by atoms with Crippen LogP contribution in [0.4, 0.5) is 10.5 Å². The van der Waals surface area contributed by atoms with E-state index in [9.17, 15) is 9.59 Å². The van der Waals surface area contributed by atoms with Gasteiger partial charge in [-0.15, -0.1) is 0 Å². The summed E-state index contributed by atoms with van der Waals surface area (Å²) < 4.78 is 20.7. The van der Waals surface area contributed by atoms with E-state index < -0.39 is 6.03 Å². The summed E-state index contributed by atoms with van der Waals surface area (Å²) in [7, 11) is 4.51. The molecular weight excluding hydrogens is 364 g/mol. The molecule has 0 aliphatic carbocycles. The number of rotatable bonds is 8. The molecule has 0 aromatic heterocycles. The lowest BCUT2D eigenvalue weighted by molar-refractivity contribution is 0.0526. The zero-order valence-electron chi connectivity index (χ0n) is 16.3. The molecule has 0 fully saturated rings. The molecule has 0 heterocycles. The molecule has 2 aromatic carbocycles. The van der Waals surface area contributed by atoms with Crippen molar-refractivity contribution in [2.45, 2.75) is 13.5 Å². The maximum atomic E-state index is 12.2. The van der Waals surface area contributed by atoms with Crippen LogP contribution in [-0.4, -0.2) is 39.9 Å². The number of amides is 2. The Hall–Kier alpha value is -3.42. The fourth-order valence-corrected chi connectivity index (χ4v) is 2.48. The maximum Gasteiger partial charge on any atom is 0.338 e. The Kier molecular flexibility index (Phi) is 7.50. The number of carbonyl (C=O) groups excluding carboxylic acids is 2. The van der Waals surface area contributed by atoms with Gasteiger partial charge in [-0.3, -0.25) is 0 Å². The Balaban J connectivity index is 1.98. The van der Waals surface area contributed by atoms with Gasteiger partial charge in [0.2, 0.25) is 5.75 Å². The molecule has 0 aliphatic heterocycles. The van der Waals surface area contributed by atoms with Crippen LogP contribution in [0, 0.1) is 0 Å². The standard InChI is InChI=1S/C20H24N2O6/c1-5-28-19(23)14-8-6-13(7-9-14)12-21-20(24)22-15-10-16(25-2)18(27-4)17(11-15)26-3/h6-11H,5,12H2,1-4H3,(H2,21,22,24). The third kappa shape index (κ3) is 5.29. The largest absolute Gasteiger partial charge is 0.493 e. The molecule has 0 aliphatic rings. The van der Waals surface area contributed by atoms with Crippen molar-refractivity contribution in [2.75, 3.05) is 33.3 Å². The second-order valence-electron chi connectivity index (χ2n) is 5.64. The fraction of sp³-hybridized carbons (Fsp3) is 0.300. The van der Waals surface area contributed by atoms with Crippen molar-refractivity contribution in [3.63, 3.8) is 0 Å². The van der Waals surface area contributed by atoms with Crippen molar-refractivity contribution in [1.82, 2.24) is 5.32 Å². The first-order chi connectivity index (χ1) is 13.5. The van der Waals surface area contributed by atoms with Crippen LogP contribution in [0.3, 0.4) is 0 Å². The van der Waals surface area contributed by atoms with E-state index in [1.165, 1.54) is 21.3 Å². The van der Waals surface area contributed by atoms with Gasteiger partial charge in [-0.2, -0.15) is 0 Å². The van der Waals surface area contributed by atoms with E-state index in [4.69, 9.17) is 18.9 Å². The van der Waals surface area contributed by atoms with Crippen molar-refractivity contribution in [3.8, 4) is 17.2 Å². The summed E-state index contributed by atoms with van der Waals surface area (Å²) in [6, 6.07) is 9.70. The van der Waals surface area contributed by atoms with Gasteiger partial charge in [-0.05, 0) is 24.6 Å². The lowest BCUT2D eigenvalue weighted by Crippen LogP contribution is -2.28. The van der Waals surface area contributed by atoms with E-state index in [1.54, 1.807) is 43.3 Å². The number of nitrogens with one attached hydrogen (secondary N) is 2. The summed E-state index contributed by atoms with van der Waals surface area (Å²) in [4.78, 5) is 23.8. The number of urea groups is 1. The average Bonchev–Trinajstić information content (AvgIpc) is 2.72. The van der Waals surface area contributed by atoms with Crippen molar-refractivity contribution < 1.29 is 28.5 Å². The number of carbonyl (C=O) groups is 2. The Morgan fingerprint density at radius 1 is 0.929 bits per heavy atom. The molecule has 2 aromatic rings. The lowest BCUT2D eigenvalue weighted by Gasteiger charge is -2.15. The van der Waals surface area contributed by atoms with E-state index in [1.807, 2.05) is 0 Å². The Bertz CT molecular complexity index is 795. The minimum atomic E-state index is -0.399. The average molecular weight is 388 g/mol. The van der Waals surface area contributed by atoms with Gasteiger partial charge in [0.1, 0.15) is 0 Å². The van der Waals surface area contributed by atoms with E-state index in [0.717, 1.165) is 5.56 Å². The second-order valence-corrected chi connectivity index (χ2v) is 5.64. The normalized spacial score (nSPS) is 10.0. The van der Waals surface area contributed by atoms with Gasteiger partial charge in [0.15, 0.2) is 11.5 Å². The number of methoxy groups -OCH3 is 3. The van der Waals surface area contributed by atoms with Gasteiger partial charge >= 0.3 is 12.0 Å². The molecule has 150 valence electrons. The highest BCUT2D eigenvalue weighted by Crippen LogP contribution is 2.39. The molecule has 2 amide bonds. The van der Waals surface area contributed by atoms with Gasteiger partial charge < -0.3 is 29.6 Å². The van der Waals surface area contributed by atoms with Crippen LogP contribution in [0.5, 0.6) is 17.2 Å². The van der Waals surface area contributed by atoms with Crippen LogP contribution in [0.1, 0.15) is 22.8 Å². The van der Waals surface area contributed by atoms with Crippen molar-refractivity contribution in [1.29, 1.82) is 0 Å². The van der Waals surface area contributed by atoms with Crippen molar-refractivity contribution in [2.24, 2.45) is 0 Å². The van der Waals surface area contributed by atoms with E-state index in [0.29, 0.717) is 41.7 Å². The third-order valence-corrected chi connectivity index (χ3v) is 3.84. The summed E-state index contributed by atoms with van der Waals surface area (Å²) in [6.07, 6.45) is 0. The SMILES string of the molecule is CCOC(=O)c1ccc(CNC(=O)Nc2cc(OC)c(OC)c(OC)c2)cc1. The van der Waals surface area contributed by atoms with Crippen LogP contribution < -0.4 is 24.8 Å². The molecule has 0 spiro atoms. The van der Waals surface area contributed by atoms with Gasteiger partial charge in [-0.25, -0.2) is 9.59 Å². The van der Waals surface area contributed by atoms with Crippen molar-refractivity contribution in [3.05, 3.63) is 47.5 Å². The van der Waals surface area contributed by atoms with E-state index >= 15 is 0 Å². The van der Waals surface area contributed by atoms with Crippen LogP contribution in [0.25, 0.3) is 0 Å². The highest BCUT2D eigenvalue weighted by molar-refractivity contribution is 5.90. The van der Waals surface area contributed by atoms with Crippen LogP contribution in [0.15, 0.2) is 36.4 Å². The first-order valence-corrected chi connectivity index (χ1v) is 8.63. The zero-order valence-corrected chi connectivity index (χ0v) is 16.3. The Morgan fingerprint density at radius 3 is 2.04 bits per heavy atom. The molecule has 0 saturated carbocycles. The predicted molar refractivity (Wildman–Crippen MR) is 104 cm³/mol. The summed E-state index contributed by atoms with van der Waals surface area (Å²) in [5, 5.41) is 5.47. The van der Waals surface area contributed by atoms with Gasteiger partial charge in [-0.1, -0.05) is 12.1 Å². The molecule has 2 rings (SSSR count). The Morgan fingerprint density at radius 2 is 1.54 bits per heavy atom. The molecule has 8 heteroatoms. The summed E-state index contributed by atoms with van der Waals surface area (Å²) in [5.74, 6) is 0.943. The van der Waals surface area contributed by atoms with Crippen LogP contribution >= 0.6 is 0 Å². The van der Waals surface area contributed by atoms with Gasteiger partial charge in [0.25, 0.3) is 0 Å². The molecular formula is C20H24N2O6. The van der Waals surface area contributed by atoms with Crippen LogP contribution in [-0.2, 0) is 11.3 Å². The van der Waals surface area contributed by atoms with E-state index in [-0.39, 0.29) is 5.97 Å². The minimum absolute atomic E-state index is 0.291. The Labute approximate surface area is 163 Å². The number of benzene rings is 2. The number of hydrogen-bond acceptors (Lipinski definition) is 6. The number of esters is 1. The molecule has 28 heavy (non-hydrogen) atoms. The smallest absolute Gasteiger partial charge is 0.338 e. The fourth-order valence-electron chi connectivity index (χ4n) is 2.48. The number of anilines is 1. The highest BCUT2D eigenvalue weighted by Gasteiger charge is 2.14. The molecule has 0 atom stereocenters. The summed E-state index contributed by atoms with van der Waals surface area (Å²) >= 11 is 0. The molecule has 0 unspecified atom stereocenters. The quantitative estimate of drug-likeness (QED) is 0.675. The maximum absolute atomic E-state index is 12.2. The first-order valence-electron chi connectivity index (χ1n) is 8.63. The summed E-state index contributed by atoms with van der Waals surface area (Å²) in [5.41, 5.74) is 1.80. The first kappa shape index (κ1) is 20.9. The molecule has 0 radical (unpaired) electrons. The molecule has 2 N–H and O–H groups in total. The minimum Gasteiger partial charge on any atom is -0.493 e. The van der Waals surface area contributed by atoms with Crippen LogP contribution in [0.2, 0.25) is 0 Å². The zero-order chi connectivity index (χ0) is 20.5. The second kappa shape index (κ2) is 10.1. The number of hydrogen-bond donors (Lipinski definition) is 2. The van der Waals surface area contributed by atoms with E-state index in [2.05, 4.69) is 10.6 Å². The molecule has 8 nitrogen and oxygen atoms in total. The van der Waals surface area contributed by atoms with Gasteiger partial charge in [0.05, 0.1) is 39.2 Å². The predicted octanol–water partition coefficient (Wildman–Crippen LogP) is 3.21. The lowest BCUT2D eigenvalue weighted by atomic mass is 10.1. The summed E-state index contributed by atoms with van der Waals surface area (Å²) in [6.45, 7) is 2.37. The molecule has 0 bridgehead atoms. The monoisotopic (exact) mass is 388 g/mol. The number of ether oxygens (including phenoxy) is 4.